The normalized spacial score (nSPS) is 15.6. The summed E-state index contributed by atoms with van der Waals surface area (Å²) >= 11 is 1.62. The molecule has 0 atom stereocenters. The molecule has 7 heteroatoms. The van der Waals surface area contributed by atoms with Crippen molar-refractivity contribution in [3.8, 4) is 11.3 Å². The van der Waals surface area contributed by atoms with E-state index in [1.165, 1.54) is 0 Å². The fourth-order valence-electron chi connectivity index (χ4n) is 2.92. The summed E-state index contributed by atoms with van der Waals surface area (Å²) in [5.41, 5.74) is 2.83. The number of carbonyl (C=O) groups excluding carboxylic acids is 1. The molecule has 2 heterocycles. The molecule has 1 aromatic carbocycles. The van der Waals surface area contributed by atoms with Crippen molar-refractivity contribution in [2.24, 2.45) is 5.41 Å². The number of aryl methyl sites for hydroxylation is 1. The van der Waals surface area contributed by atoms with Crippen LogP contribution in [0.5, 0.6) is 0 Å². The summed E-state index contributed by atoms with van der Waals surface area (Å²) < 4.78 is 0. The minimum Gasteiger partial charge on any atom is -0.351 e. The second-order valence-corrected chi connectivity index (χ2v) is 7.64. The number of rotatable bonds is 4. The van der Waals surface area contributed by atoms with Gasteiger partial charge in [-0.25, -0.2) is 4.98 Å². The molecular formula is C18H25Cl2N3OS. The molecule has 0 saturated carbocycles. The number of piperidine rings is 1. The van der Waals surface area contributed by atoms with Gasteiger partial charge in [0.05, 0.1) is 10.7 Å². The summed E-state index contributed by atoms with van der Waals surface area (Å²) in [4.78, 5) is 17.0. The van der Waals surface area contributed by atoms with Crippen molar-refractivity contribution in [1.29, 1.82) is 0 Å². The Morgan fingerprint density at radius 1 is 1.32 bits per heavy atom. The highest BCUT2D eigenvalue weighted by atomic mass is 35.5. The number of benzene rings is 1. The molecule has 3 rings (SSSR count). The summed E-state index contributed by atoms with van der Waals surface area (Å²) in [6.07, 6.45) is 2.21. The van der Waals surface area contributed by atoms with Crippen LogP contribution in [0.1, 0.15) is 35.1 Å². The van der Waals surface area contributed by atoms with Crippen LogP contribution in [0.25, 0.3) is 11.3 Å². The summed E-state index contributed by atoms with van der Waals surface area (Å²) in [5, 5.41) is 9.54. The van der Waals surface area contributed by atoms with Crippen LogP contribution < -0.4 is 10.6 Å². The van der Waals surface area contributed by atoms with Crippen LogP contribution in [-0.2, 0) is 0 Å². The molecule has 1 fully saturated rings. The maximum Gasteiger partial charge on any atom is 0.251 e. The van der Waals surface area contributed by atoms with Crippen LogP contribution >= 0.6 is 36.2 Å². The lowest BCUT2D eigenvalue weighted by atomic mass is 9.81. The van der Waals surface area contributed by atoms with Gasteiger partial charge in [-0.05, 0) is 50.4 Å². The molecule has 138 valence electrons. The second kappa shape index (κ2) is 9.53. The molecule has 1 aliphatic rings. The van der Waals surface area contributed by atoms with Gasteiger partial charge in [-0.1, -0.05) is 19.1 Å². The topological polar surface area (TPSA) is 54.0 Å². The Kier molecular flexibility index (Phi) is 8.35. The van der Waals surface area contributed by atoms with Crippen LogP contribution in [-0.4, -0.2) is 30.5 Å². The highest BCUT2D eigenvalue weighted by Gasteiger charge is 2.27. The van der Waals surface area contributed by atoms with Gasteiger partial charge in [-0.15, -0.1) is 36.2 Å². The first-order valence-electron chi connectivity index (χ1n) is 8.07. The number of amides is 1. The standard InChI is InChI=1S/C18H23N3OS.2ClH/c1-13-21-16(11-23-13)14-4-3-5-15(10-14)17(22)20-12-18(2)6-8-19-9-7-18;;/h3-5,10-11,19H,6-9,12H2,1-2H3,(H,20,22);2*1H. The van der Waals surface area contributed by atoms with Crippen molar-refractivity contribution < 1.29 is 4.79 Å². The Balaban J connectivity index is 0.00000156. The predicted octanol–water partition coefficient (Wildman–Crippen LogP) is 4.08. The lowest BCUT2D eigenvalue weighted by Gasteiger charge is -2.34. The molecule has 1 amide bonds. The Hall–Kier alpha value is -1.14. The number of hydrogen-bond acceptors (Lipinski definition) is 4. The summed E-state index contributed by atoms with van der Waals surface area (Å²) in [7, 11) is 0. The van der Waals surface area contributed by atoms with Crippen LogP contribution in [0.4, 0.5) is 0 Å². The molecule has 2 N–H and O–H groups in total. The zero-order chi connectivity index (χ0) is 16.3. The molecule has 1 aromatic heterocycles. The average molecular weight is 402 g/mol. The molecular weight excluding hydrogens is 377 g/mol. The van der Waals surface area contributed by atoms with Gasteiger partial charge in [0.2, 0.25) is 0 Å². The fourth-order valence-corrected chi connectivity index (χ4v) is 3.54. The number of hydrogen-bond donors (Lipinski definition) is 2. The van der Waals surface area contributed by atoms with Crippen molar-refractivity contribution in [2.45, 2.75) is 26.7 Å². The number of nitrogens with zero attached hydrogens (tertiary/aromatic N) is 1. The third-order valence-corrected chi connectivity index (χ3v) is 5.30. The molecule has 0 aliphatic carbocycles. The Bertz CT molecular complexity index is 699. The van der Waals surface area contributed by atoms with E-state index in [1.807, 2.05) is 36.6 Å². The monoisotopic (exact) mass is 401 g/mol. The van der Waals surface area contributed by atoms with E-state index in [2.05, 4.69) is 22.5 Å². The van der Waals surface area contributed by atoms with Crippen LogP contribution in [0.2, 0.25) is 0 Å². The molecule has 25 heavy (non-hydrogen) atoms. The number of halogens is 2. The van der Waals surface area contributed by atoms with Gasteiger partial charge in [0.1, 0.15) is 0 Å². The minimum atomic E-state index is -0.00133. The van der Waals surface area contributed by atoms with E-state index < -0.39 is 0 Å². The van der Waals surface area contributed by atoms with Gasteiger partial charge in [0.25, 0.3) is 5.91 Å². The first-order chi connectivity index (χ1) is 11.1. The largest absolute Gasteiger partial charge is 0.351 e. The Morgan fingerprint density at radius 2 is 2.04 bits per heavy atom. The minimum absolute atomic E-state index is 0. The third-order valence-electron chi connectivity index (χ3n) is 4.53. The molecule has 1 saturated heterocycles. The summed E-state index contributed by atoms with van der Waals surface area (Å²) in [6, 6.07) is 7.71. The molecule has 0 unspecified atom stereocenters. The van der Waals surface area contributed by atoms with Crippen molar-refractivity contribution >= 4 is 42.1 Å². The van der Waals surface area contributed by atoms with Gasteiger partial charge in [-0.2, -0.15) is 0 Å². The third kappa shape index (κ3) is 5.68. The Labute approximate surface area is 165 Å². The van der Waals surface area contributed by atoms with E-state index in [0.717, 1.165) is 48.7 Å². The SMILES string of the molecule is Cc1nc(-c2cccc(C(=O)NCC3(C)CCNCC3)c2)cs1.Cl.Cl. The van der Waals surface area contributed by atoms with Gasteiger partial charge in [0, 0.05) is 23.1 Å². The zero-order valence-electron chi connectivity index (χ0n) is 14.5. The number of carbonyl (C=O) groups is 1. The van der Waals surface area contributed by atoms with Gasteiger partial charge < -0.3 is 10.6 Å². The maximum atomic E-state index is 12.5. The second-order valence-electron chi connectivity index (χ2n) is 6.58. The van der Waals surface area contributed by atoms with Gasteiger partial charge in [0.15, 0.2) is 0 Å². The maximum absolute atomic E-state index is 12.5. The molecule has 0 spiro atoms. The highest BCUT2D eigenvalue weighted by Crippen LogP contribution is 2.27. The Morgan fingerprint density at radius 3 is 2.68 bits per heavy atom. The van der Waals surface area contributed by atoms with E-state index in [4.69, 9.17) is 0 Å². The quantitative estimate of drug-likeness (QED) is 0.810. The molecule has 4 nitrogen and oxygen atoms in total. The van der Waals surface area contributed by atoms with Gasteiger partial charge in [-0.3, -0.25) is 4.79 Å². The van der Waals surface area contributed by atoms with Crippen LogP contribution in [0, 0.1) is 12.3 Å². The summed E-state index contributed by atoms with van der Waals surface area (Å²) in [6.45, 7) is 7.04. The molecule has 0 bridgehead atoms. The van der Waals surface area contributed by atoms with Crippen LogP contribution in [0.3, 0.4) is 0 Å². The first-order valence-corrected chi connectivity index (χ1v) is 8.95. The van der Waals surface area contributed by atoms with Crippen molar-refractivity contribution in [1.82, 2.24) is 15.6 Å². The number of nitrogens with one attached hydrogen (secondary N) is 2. The van der Waals surface area contributed by atoms with E-state index >= 15 is 0 Å². The van der Waals surface area contributed by atoms with E-state index in [0.29, 0.717) is 5.56 Å². The smallest absolute Gasteiger partial charge is 0.251 e. The lowest BCUT2D eigenvalue weighted by Crippen LogP contribution is -2.42. The van der Waals surface area contributed by atoms with Crippen molar-refractivity contribution in [3.05, 3.63) is 40.2 Å². The molecule has 1 aliphatic heterocycles. The number of aromatic nitrogens is 1. The summed E-state index contributed by atoms with van der Waals surface area (Å²) in [5.74, 6) is -0.00133. The predicted molar refractivity (Wildman–Crippen MR) is 109 cm³/mol. The lowest BCUT2D eigenvalue weighted by molar-refractivity contribution is 0.0922. The zero-order valence-corrected chi connectivity index (χ0v) is 17.0. The van der Waals surface area contributed by atoms with Crippen molar-refractivity contribution in [2.75, 3.05) is 19.6 Å². The number of thiazole rings is 1. The van der Waals surface area contributed by atoms with Gasteiger partial charge >= 0.3 is 0 Å². The van der Waals surface area contributed by atoms with E-state index in [9.17, 15) is 4.79 Å². The highest BCUT2D eigenvalue weighted by molar-refractivity contribution is 7.09. The van der Waals surface area contributed by atoms with Crippen LogP contribution in [0.15, 0.2) is 29.6 Å². The first kappa shape index (κ1) is 21.9. The average Bonchev–Trinajstić information content (AvgIpc) is 3.00. The van der Waals surface area contributed by atoms with E-state index in [-0.39, 0.29) is 36.1 Å². The van der Waals surface area contributed by atoms with E-state index in [1.54, 1.807) is 11.3 Å². The molecule has 2 aromatic rings. The van der Waals surface area contributed by atoms with Crippen molar-refractivity contribution in [3.63, 3.8) is 0 Å². The fraction of sp³-hybridized carbons (Fsp3) is 0.444. The molecule has 0 radical (unpaired) electrons.